The second kappa shape index (κ2) is 5.35. The Labute approximate surface area is 105 Å². The summed E-state index contributed by atoms with van der Waals surface area (Å²) in [7, 11) is 0. The van der Waals surface area contributed by atoms with E-state index in [2.05, 4.69) is 17.2 Å². The van der Waals surface area contributed by atoms with Crippen molar-refractivity contribution in [2.45, 2.75) is 6.42 Å². The summed E-state index contributed by atoms with van der Waals surface area (Å²) >= 11 is 0. The largest absolute Gasteiger partial charge is 0.482 e. The van der Waals surface area contributed by atoms with Crippen molar-refractivity contribution in [3.8, 4) is 5.75 Å². The summed E-state index contributed by atoms with van der Waals surface area (Å²) in [6.07, 6.45) is 1.88. The van der Waals surface area contributed by atoms with Crippen molar-refractivity contribution in [1.29, 1.82) is 0 Å². The molecule has 0 aliphatic carbocycles. The number of fused-ring (bicyclic) bond motifs is 1. The summed E-state index contributed by atoms with van der Waals surface area (Å²) in [5.41, 5.74) is 1.43. The van der Waals surface area contributed by atoms with Crippen LogP contribution in [0.2, 0.25) is 0 Å². The third-order valence-electron chi connectivity index (χ3n) is 2.49. The number of benzene rings is 1. The first-order valence-corrected chi connectivity index (χ1v) is 5.62. The van der Waals surface area contributed by atoms with E-state index in [-0.39, 0.29) is 24.8 Å². The van der Waals surface area contributed by atoms with Gasteiger partial charge in [-0.3, -0.25) is 9.59 Å². The van der Waals surface area contributed by atoms with Crippen LogP contribution < -0.4 is 15.4 Å². The van der Waals surface area contributed by atoms with E-state index in [0.29, 0.717) is 18.0 Å². The molecule has 0 saturated carbocycles. The second-order valence-electron chi connectivity index (χ2n) is 3.94. The van der Waals surface area contributed by atoms with Gasteiger partial charge in [0.25, 0.3) is 5.91 Å². The molecule has 1 aliphatic rings. The molecule has 1 heterocycles. The molecule has 0 unspecified atom stereocenters. The van der Waals surface area contributed by atoms with Crippen LogP contribution in [0.5, 0.6) is 5.75 Å². The van der Waals surface area contributed by atoms with Gasteiger partial charge in [-0.1, -0.05) is 12.1 Å². The number of hydrogen-bond donors (Lipinski definition) is 2. The van der Waals surface area contributed by atoms with Gasteiger partial charge < -0.3 is 15.4 Å². The maximum absolute atomic E-state index is 11.5. The number of anilines is 1. The molecule has 0 saturated heterocycles. The van der Waals surface area contributed by atoms with Crippen molar-refractivity contribution in [3.63, 3.8) is 0 Å². The lowest BCUT2D eigenvalue weighted by molar-refractivity contribution is -0.120. The van der Waals surface area contributed by atoms with Gasteiger partial charge in [0.1, 0.15) is 5.75 Å². The van der Waals surface area contributed by atoms with E-state index in [9.17, 15) is 9.59 Å². The summed E-state index contributed by atoms with van der Waals surface area (Å²) in [5, 5.41) is 5.40. The average Bonchev–Trinajstić information content (AvgIpc) is 2.36. The first-order valence-electron chi connectivity index (χ1n) is 5.62. The fourth-order valence-electron chi connectivity index (χ4n) is 1.67. The standard InChI is InChI=1S/C13H14N2O3/c1-2-5-14-12(16)7-9-3-4-11-10(6-9)15-13(17)8-18-11/h2-4,6H,1,5,7-8H2,(H,14,16)(H,15,17). The van der Waals surface area contributed by atoms with Crippen LogP contribution in [0.25, 0.3) is 0 Å². The highest BCUT2D eigenvalue weighted by Crippen LogP contribution is 2.28. The van der Waals surface area contributed by atoms with E-state index in [0.717, 1.165) is 5.56 Å². The van der Waals surface area contributed by atoms with Gasteiger partial charge in [0, 0.05) is 6.54 Å². The molecule has 0 spiro atoms. The van der Waals surface area contributed by atoms with Gasteiger partial charge in [-0.05, 0) is 17.7 Å². The van der Waals surface area contributed by atoms with Gasteiger partial charge in [0.15, 0.2) is 6.61 Å². The van der Waals surface area contributed by atoms with Crippen molar-refractivity contribution in [2.75, 3.05) is 18.5 Å². The first kappa shape index (κ1) is 12.2. The SMILES string of the molecule is C=CCNC(=O)Cc1ccc2c(c1)NC(=O)CO2. The normalized spacial score (nSPS) is 13.0. The third kappa shape index (κ3) is 2.88. The van der Waals surface area contributed by atoms with E-state index in [1.807, 2.05) is 6.07 Å². The third-order valence-corrected chi connectivity index (χ3v) is 2.49. The smallest absolute Gasteiger partial charge is 0.262 e. The monoisotopic (exact) mass is 246 g/mol. The molecular formula is C13H14N2O3. The van der Waals surface area contributed by atoms with Crippen LogP contribution in [-0.4, -0.2) is 25.0 Å². The highest BCUT2D eigenvalue weighted by Gasteiger charge is 2.16. The molecule has 2 amide bonds. The quantitative estimate of drug-likeness (QED) is 0.774. The second-order valence-corrected chi connectivity index (χ2v) is 3.94. The molecule has 2 rings (SSSR count). The molecule has 5 nitrogen and oxygen atoms in total. The average molecular weight is 246 g/mol. The molecular weight excluding hydrogens is 232 g/mol. The number of carbonyl (C=O) groups is 2. The fraction of sp³-hybridized carbons (Fsp3) is 0.231. The molecule has 0 fully saturated rings. The lowest BCUT2D eigenvalue weighted by atomic mass is 10.1. The summed E-state index contributed by atoms with van der Waals surface area (Å²) in [4.78, 5) is 22.7. The van der Waals surface area contributed by atoms with Crippen molar-refractivity contribution in [3.05, 3.63) is 36.4 Å². The Kier molecular flexibility index (Phi) is 3.62. The Hall–Kier alpha value is -2.30. The van der Waals surface area contributed by atoms with Gasteiger partial charge in [0.05, 0.1) is 12.1 Å². The lowest BCUT2D eigenvalue weighted by Crippen LogP contribution is -2.26. The van der Waals surface area contributed by atoms with Gasteiger partial charge >= 0.3 is 0 Å². The number of rotatable bonds is 4. The summed E-state index contributed by atoms with van der Waals surface area (Å²) in [5.74, 6) is 0.360. The van der Waals surface area contributed by atoms with E-state index >= 15 is 0 Å². The molecule has 0 bridgehead atoms. The van der Waals surface area contributed by atoms with Gasteiger partial charge in [-0.15, -0.1) is 6.58 Å². The molecule has 94 valence electrons. The minimum atomic E-state index is -0.184. The highest BCUT2D eigenvalue weighted by molar-refractivity contribution is 5.95. The Balaban J connectivity index is 2.06. The van der Waals surface area contributed by atoms with Crippen LogP contribution in [-0.2, 0) is 16.0 Å². The maximum atomic E-state index is 11.5. The van der Waals surface area contributed by atoms with Crippen LogP contribution in [0, 0.1) is 0 Å². The van der Waals surface area contributed by atoms with E-state index < -0.39 is 0 Å². The van der Waals surface area contributed by atoms with Crippen LogP contribution >= 0.6 is 0 Å². The Morgan fingerprint density at radius 1 is 1.56 bits per heavy atom. The molecule has 1 aromatic carbocycles. The number of hydrogen-bond acceptors (Lipinski definition) is 3. The van der Waals surface area contributed by atoms with Crippen LogP contribution in [0.4, 0.5) is 5.69 Å². The molecule has 5 heteroatoms. The van der Waals surface area contributed by atoms with Gasteiger partial charge in [-0.2, -0.15) is 0 Å². The minimum absolute atomic E-state index is 0.0339. The van der Waals surface area contributed by atoms with E-state index in [4.69, 9.17) is 4.74 Å². The maximum Gasteiger partial charge on any atom is 0.262 e. The van der Waals surface area contributed by atoms with Gasteiger partial charge in [0.2, 0.25) is 5.91 Å². The summed E-state index contributed by atoms with van der Waals surface area (Å²) < 4.78 is 5.23. The number of nitrogens with one attached hydrogen (secondary N) is 2. The first-order chi connectivity index (χ1) is 8.69. The number of amides is 2. The van der Waals surface area contributed by atoms with Gasteiger partial charge in [-0.25, -0.2) is 0 Å². The fourth-order valence-corrected chi connectivity index (χ4v) is 1.67. The molecule has 1 aromatic rings. The molecule has 2 N–H and O–H groups in total. The Morgan fingerprint density at radius 3 is 3.17 bits per heavy atom. The van der Waals surface area contributed by atoms with E-state index in [1.165, 1.54) is 0 Å². The highest BCUT2D eigenvalue weighted by atomic mass is 16.5. The lowest BCUT2D eigenvalue weighted by Gasteiger charge is -2.18. The molecule has 0 atom stereocenters. The molecule has 0 radical (unpaired) electrons. The summed E-state index contributed by atoms with van der Waals surface area (Å²) in [6.45, 7) is 4.01. The molecule has 0 aromatic heterocycles. The zero-order valence-electron chi connectivity index (χ0n) is 9.86. The topological polar surface area (TPSA) is 67.4 Å². The van der Waals surface area contributed by atoms with E-state index in [1.54, 1.807) is 18.2 Å². The molecule has 1 aliphatic heterocycles. The van der Waals surface area contributed by atoms with Crippen molar-refractivity contribution in [1.82, 2.24) is 5.32 Å². The molecule has 18 heavy (non-hydrogen) atoms. The van der Waals surface area contributed by atoms with Crippen LogP contribution in [0.3, 0.4) is 0 Å². The minimum Gasteiger partial charge on any atom is -0.482 e. The van der Waals surface area contributed by atoms with Crippen LogP contribution in [0.15, 0.2) is 30.9 Å². The predicted molar refractivity (Wildman–Crippen MR) is 67.5 cm³/mol. The Morgan fingerprint density at radius 2 is 2.39 bits per heavy atom. The van der Waals surface area contributed by atoms with Crippen LogP contribution in [0.1, 0.15) is 5.56 Å². The number of ether oxygens (including phenoxy) is 1. The number of carbonyl (C=O) groups excluding carboxylic acids is 2. The zero-order valence-corrected chi connectivity index (χ0v) is 9.86. The van der Waals surface area contributed by atoms with Crippen molar-refractivity contribution in [2.24, 2.45) is 0 Å². The predicted octanol–water partition coefficient (Wildman–Crippen LogP) is 0.862. The van der Waals surface area contributed by atoms with Crippen molar-refractivity contribution < 1.29 is 14.3 Å². The Bertz CT molecular complexity index is 497. The van der Waals surface area contributed by atoms with Crippen molar-refractivity contribution >= 4 is 17.5 Å². The zero-order chi connectivity index (χ0) is 13.0. The summed E-state index contributed by atoms with van der Waals surface area (Å²) in [6, 6.07) is 5.31.